The molecule has 0 aromatic carbocycles. The first kappa shape index (κ1) is 11.4. The fraction of sp³-hybridized carbons (Fsp3) is 0.417. The quantitative estimate of drug-likeness (QED) is 0.838. The molecule has 1 aliphatic heterocycles. The van der Waals surface area contributed by atoms with E-state index in [0.29, 0.717) is 12.6 Å². The van der Waals surface area contributed by atoms with Crippen molar-refractivity contribution in [2.24, 2.45) is 0 Å². The lowest BCUT2D eigenvalue weighted by atomic mass is 10.2. The average molecular weight is 262 g/mol. The van der Waals surface area contributed by atoms with E-state index in [4.69, 9.17) is 0 Å². The number of hydrogen-bond donors (Lipinski definition) is 0. The zero-order valence-electron chi connectivity index (χ0n) is 9.90. The van der Waals surface area contributed by atoms with Gasteiger partial charge >= 0.3 is 0 Å². The molecule has 0 amide bonds. The predicted octanol–water partition coefficient (Wildman–Crippen LogP) is 1.37. The molecular formula is C12H14N4OS. The maximum Gasteiger partial charge on any atom is 0.266 e. The summed E-state index contributed by atoms with van der Waals surface area (Å²) >= 11 is 1.65. The van der Waals surface area contributed by atoms with Gasteiger partial charge < -0.3 is 4.90 Å². The molecule has 3 rings (SSSR count). The Morgan fingerprint density at radius 2 is 2.39 bits per heavy atom. The van der Waals surface area contributed by atoms with Crippen LogP contribution >= 0.6 is 11.3 Å². The van der Waals surface area contributed by atoms with Gasteiger partial charge in [-0.05, 0) is 18.9 Å². The van der Waals surface area contributed by atoms with E-state index in [1.165, 1.54) is 4.68 Å². The Labute approximate surface area is 109 Å². The van der Waals surface area contributed by atoms with Crippen molar-refractivity contribution >= 4 is 16.5 Å². The number of rotatable bonds is 3. The molecule has 3 heterocycles. The predicted molar refractivity (Wildman–Crippen MR) is 71.0 cm³/mol. The minimum Gasteiger partial charge on any atom is -0.343 e. The summed E-state index contributed by atoms with van der Waals surface area (Å²) in [6.07, 6.45) is 5.71. The smallest absolute Gasteiger partial charge is 0.266 e. The molecular weight excluding hydrogens is 248 g/mol. The number of hydrogen-bond acceptors (Lipinski definition) is 5. The van der Waals surface area contributed by atoms with E-state index in [0.717, 1.165) is 24.5 Å². The van der Waals surface area contributed by atoms with Crippen molar-refractivity contribution in [2.75, 3.05) is 11.4 Å². The first-order chi connectivity index (χ1) is 8.84. The Hall–Kier alpha value is -1.69. The fourth-order valence-electron chi connectivity index (χ4n) is 2.36. The second-order valence-electron chi connectivity index (χ2n) is 4.35. The van der Waals surface area contributed by atoms with Crippen molar-refractivity contribution < 1.29 is 0 Å². The second kappa shape index (κ2) is 4.89. The highest BCUT2D eigenvalue weighted by Gasteiger charge is 2.27. The summed E-state index contributed by atoms with van der Waals surface area (Å²) < 4.78 is 1.54. The van der Waals surface area contributed by atoms with E-state index in [1.807, 2.05) is 11.6 Å². The number of nitrogens with zero attached hydrogens (tertiary/aromatic N) is 4. The molecule has 18 heavy (non-hydrogen) atoms. The van der Waals surface area contributed by atoms with Crippen molar-refractivity contribution in [1.82, 2.24) is 14.8 Å². The molecule has 2 aromatic heterocycles. The molecule has 1 unspecified atom stereocenters. The highest BCUT2D eigenvalue weighted by Crippen LogP contribution is 2.27. The summed E-state index contributed by atoms with van der Waals surface area (Å²) in [6.45, 7) is 1.65. The maximum atomic E-state index is 11.7. The van der Waals surface area contributed by atoms with Gasteiger partial charge in [-0.3, -0.25) is 4.79 Å². The topological polar surface area (TPSA) is 51.0 Å². The van der Waals surface area contributed by atoms with E-state index in [-0.39, 0.29) is 5.56 Å². The monoisotopic (exact) mass is 262 g/mol. The number of aromatic nitrogens is 3. The summed E-state index contributed by atoms with van der Waals surface area (Å²) in [5.41, 5.74) is -0.0384. The Morgan fingerprint density at radius 1 is 1.44 bits per heavy atom. The van der Waals surface area contributed by atoms with E-state index in [9.17, 15) is 4.79 Å². The third-order valence-electron chi connectivity index (χ3n) is 3.21. The fourth-order valence-corrected chi connectivity index (χ4v) is 3.10. The van der Waals surface area contributed by atoms with Gasteiger partial charge in [-0.1, -0.05) is 0 Å². The van der Waals surface area contributed by atoms with Crippen LogP contribution in [0, 0.1) is 0 Å². The van der Waals surface area contributed by atoms with Gasteiger partial charge in [0.15, 0.2) is 5.13 Å². The molecule has 2 aromatic rings. The lowest BCUT2D eigenvalue weighted by Gasteiger charge is -2.23. The standard InChI is InChI=1S/C12H14N4OS/c17-11-4-1-5-14-16(11)9-10-3-2-7-15(10)12-13-6-8-18-12/h1,4-6,8,10H,2-3,7,9H2. The van der Waals surface area contributed by atoms with Crippen molar-refractivity contribution in [3.63, 3.8) is 0 Å². The molecule has 5 nitrogen and oxygen atoms in total. The molecule has 1 saturated heterocycles. The molecule has 0 saturated carbocycles. The van der Waals surface area contributed by atoms with E-state index < -0.39 is 0 Å². The third kappa shape index (κ3) is 2.15. The van der Waals surface area contributed by atoms with E-state index in [2.05, 4.69) is 15.0 Å². The Bertz CT molecular complexity index is 565. The molecule has 1 aliphatic rings. The highest BCUT2D eigenvalue weighted by molar-refractivity contribution is 7.13. The molecule has 0 spiro atoms. The summed E-state index contributed by atoms with van der Waals surface area (Å²) in [4.78, 5) is 18.3. The van der Waals surface area contributed by atoms with E-state index in [1.54, 1.807) is 29.7 Å². The lowest BCUT2D eigenvalue weighted by Crippen LogP contribution is -2.36. The Balaban J connectivity index is 1.80. The summed E-state index contributed by atoms with van der Waals surface area (Å²) in [7, 11) is 0. The Kier molecular flexibility index (Phi) is 3.10. The van der Waals surface area contributed by atoms with Crippen LogP contribution in [0.1, 0.15) is 12.8 Å². The van der Waals surface area contributed by atoms with Crippen molar-refractivity contribution in [1.29, 1.82) is 0 Å². The molecule has 1 fully saturated rings. The van der Waals surface area contributed by atoms with Crippen LogP contribution in [0.15, 0.2) is 34.7 Å². The van der Waals surface area contributed by atoms with Crippen LogP contribution in [0.5, 0.6) is 0 Å². The van der Waals surface area contributed by atoms with Crippen LogP contribution in [0.3, 0.4) is 0 Å². The summed E-state index contributed by atoms with van der Waals surface area (Å²) in [5.74, 6) is 0. The zero-order chi connectivity index (χ0) is 12.4. The molecule has 0 radical (unpaired) electrons. The number of anilines is 1. The van der Waals surface area contributed by atoms with Crippen LogP contribution < -0.4 is 10.5 Å². The van der Waals surface area contributed by atoms with Gasteiger partial charge in [0.1, 0.15) is 0 Å². The van der Waals surface area contributed by atoms with Crippen LogP contribution in [-0.4, -0.2) is 27.4 Å². The van der Waals surface area contributed by atoms with Gasteiger partial charge in [-0.25, -0.2) is 9.67 Å². The first-order valence-corrected chi connectivity index (χ1v) is 6.91. The van der Waals surface area contributed by atoms with Gasteiger partial charge in [-0.15, -0.1) is 11.3 Å². The van der Waals surface area contributed by atoms with Gasteiger partial charge in [0.05, 0.1) is 12.6 Å². The molecule has 0 aliphatic carbocycles. The SMILES string of the molecule is O=c1cccnn1CC1CCCN1c1nccs1. The molecule has 1 atom stereocenters. The second-order valence-corrected chi connectivity index (χ2v) is 5.22. The summed E-state index contributed by atoms with van der Waals surface area (Å²) in [6, 6.07) is 3.55. The zero-order valence-corrected chi connectivity index (χ0v) is 10.7. The van der Waals surface area contributed by atoms with Gasteiger partial charge in [0.2, 0.25) is 0 Å². The van der Waals surface area contributed by atoms with Gasteiger partial charge in [0.25, 0.3) is 5.56 Å². The van der Waals surface area contributed by atoms with Crippen LogP contribution in [0.4, 0.5) is 5.13 Å². The Morgan fingerprint density at radius 3 is 3.17 bits per heavy atom. The van der Waals surface area contributed by atoms with Crippen molar-refractivity contribution in [3.05, 3.63) is 40.3 Å². The first-order valence-electron chi connectivity index (χ1n) is 6.03. The molecule has 6 heteroatoms. The van der Waals surface area contributed by atoms with Gasteiger partial charge in [0, 0.05) is 30.4 Å². The van der Waals surface area contributed by atoms with Crippen molar-refractivity contribution in [2.45, 2.75) is 25.4 Å². The largest absolute Gasteiger partial charge is 0.343 e. The molecule has 0 N–H and O–H groups in total. The van der Waals surface area contributed by atoms with Crippen LogP contribution in [-0.2, 0) is 6.54 Å². The summed E-state index contributed by atoms with van der Waals surface area (Å²) in [5, 5.41) is 7.14. The highest BCUT2D eigenvalue weighted by atomic mass is 32.1. The van der Waals surface area contributed by atoms with E-state index >= 15 is 0 Å². The number of thiazole rings is 1. The minimum atomic E-state index is -0.0384. The minimum absolute atomic E-state index is 0.0384. The lowest BCUT2D eigenvalue weighted by molar-refractivity contribution is 0.488. The molecule has 0 bridgehead atoms. The van der Waals surface area contributed by atoms with Crippen molar-refractivity contribution in [3.8, 4) is 0 Å². The maximum absolute atomic E-state index is 11.7. The van der Waals surface area contributed by atoms with Gasteiger partial charge in [-0.2, -0.15) is 5.10 Å². The third-order valence-corrected chi connectivity index (χ3v) is 4.02. The van der Waals surface area contributed by atoms with Crippen LogP contribution in [0.25, 0.3) is 0 Å². The average Bonchev–Trinajstić information content (AvgIpc) is 3.02. The normalized spacial score (nSPS) is 19.3. The van der Waals surface area contributed by atoms with Crippen LogP contribution in [0.2, 0.25) is 0 Å². The molecule has 94 valence electrons.